The van der Waals surface area contributed by atoms with Crippen LogP contribution in [0.4, 0.5) is 20.3 Å². The highest BCUT2D eigenvalue weighted by atomic mass is 19.1. The van der Waals surface area contributed by atoms with Crippen LogP contribution in [0.1, 0.15) is 26.2 Å². The van der Waals surface area contributed by atoms with Crippen LogP contribution in [0.2, 0.25) is 0 Å². The number of hydrogen-bond donors (Lipinski definition) is 0. The molecule has 1 saturated heterocycles. The molecule has 1 aliphatic heterocycles. The van der Waals surface area contributed by atoms with Crippen molar-refractivity contribution in [2.75, 3.05) is 29.4 Å². The molecule has 0 N–H and O–H groups in total. The number of halogens is 2. The normalized spacial score (nSPS) is 16.0. The van der Waals surface area contributed by atoms with E-state index in [1.165, 1.54) is 30.6 Å². The minimum Gasteiger partial charge on any atom is -0.355 e. The molecule has 1 aliphatic rings. The lowest BCUT2D eigenvalue weighted by Crippen LogP contribution is -2.45. The van der Waals surface area contributed by atoms with Crippen LogP contribution in [0, 0.1) is 17.6 Å². The minimum atomic E-state index is -0.340. The van der Waals surface area contributed by atoms with Crippen LogP contribution in [0.3, 0.4) is 0 Å². The van der Waals surface area contributed by atoms with Crippen molar-refractivity contribution in [1.82, 2.24) is 15.1 Å². The lowest BCUT2D eigenvalue weighted by Gasteiger charge is -2.35. The number of amides is 1. The van der Waals surface area contributed by atoms with Gasteiger partial charge in [-0.25, -0.2) is 13.8 Å². The maximum Gasteiger partial charge on any atom is 0.263 e. The van der Waals surface area contributed by atoms with Crippen LogP contribution in [-0.2, 0) is 4.79 Å². The van der Waals surface area contributed by atoms with E-state index in [9.17, 15) is 13.6 Å². The molecule has 180 valence electrons. The van der Waals surface area contributed by atoms with Crippen molar-refractivity contribution in [1.29, 1.82) is 0 Å². The highest BCUT2D eigenvalue weighted by molar-refractivity contribution is 5.99. The Morgan fingerprint density at radius 3 is 2.51 bits per heavy atom. The second kappa shape index (κ2) is 9.77. The molecule has 1 fully saturated rings. The SMILES string of the molecule is CCCN(C(=O)[C@H]1CCCN(c2ncnc3onc(-c4ccc(F)cc4)c23)C1)c1ccc(F)cc1. The Morgan fingerprint density at radius 1 is 1.09 bits per heavy atom. The van der Waals surface area contributed by atoms with E-state index in [1.807, 2.05) is 6.92 Å². The van der Waals surface area contributed by atoms with Crippen LogP contribution < -0.4 is 9.80 Å². The van der Waals surface area contributed by atoms with Gasteiger partial charge in [-0.15, -0.1) is 0 Å². The average Bonchev–Trinajstić information content (AvgIpc) is 3.32. The molecular formula is C26H25F2N5O2. The maximum absolute atomic E-state index is 13.6. The van der Waals surface area contributed by atoms with Gasteiger partial charge in [0.1, 0.15) is 34.9 Å². The third kappa shape index (κ3) is 4.58. The first-order chi connectivity index (χ1) is 17.0. The summed E-state index contributed by atoms with van der Waals surface area (Å²) in [4.78, 5) is 26.1. The summed E-state index contributed by atoms with van der Waals surface area (Å²) in [5.41, 5.74) is 2.25. The van der Waals surface area contributed by atoms with Crippen molar-refractivity contribution in [3.05, 3.63) is 66.5 Å². The molecule has 2 aromatic heterocycles. The van der Waals surface area contributed by atoms with Gasteiger partial charge in [-0.05, 0) is 67.8 Å². The molecule has 0 unspecified atom stereocenters. The predicted molar refractivity (Wildman–Crippen MR) is 129 cm³/mol. The molecule has 0 saturated carbocycles. The van der Waals surface area contributed by atoms with Crippen LogP contribution in [0.15, 0.2) is 59.4 Å². The molecule has 0 aliphatic carbocycles. The zero-order chi connectivity index (χ0) is 24.4. The Morgan fingerprint density at radius 2 is 1.80 bits per heavy atom. The highest BCUT2D eigenvalue weighted by Crippen LogP contribution is 2.35. The van der Waals surface area contributed by atoms with Crippen LogP contribution in [0.25, 0.3) is 22.4 Å². The molecule has 1 amide bonds. The van der Waals surface area contributed by atoms with Gasteiger partial charge in [-0.3, -0.25) is 4.79 Å². The summed E-state index contributed by atoms with van der Waals surface area (Å²) in [6, 6.07) is 12.0. The third-order valence-electron chi connectivity index (χ3n) is 6.29. The van der Waals surface area contributed by atoms with Gasteiger partial charge in [-0.2, -0.15) is 4.98 Å². The van der Waals surface area contributed by atoms with Crippen molar-refractivity contribution >= 4 is 28.5 Å². The number of hydrogen-bond acceptors (Lipinski definition) is 6. The fraction of sp³-hybridized carbons (Fsp3) is 0.308. The third-order valence-corrected chi connectivity index (χ3v) is 6.29. The molecule has 9 heteroatoms. The van der Waals surface area contributed by atoms with E-state index in [1.54, 1.807) is 29.2 Å². The van der Waals surface area contributed by atoms with E-state index < -0.39 is 0 Å². The number of carbonyl (C=O) groups excluding carboxylic acids is 1. The van der Waals surface area contributed by atoms with Gasteiger partial charge in [0.25, 0.3) is 5.71 Å². The first kappa shape index (κ1) is 22.9. The van der Waals surface area contributed by atoms with Crippen molar-refractivity contribution in [2.45, 2.75) is 26.2 Å². The smallest absolute Gasteiger partial charge is 0.263 e. The molecule has 0 bridgehead atoms. The number of nitrogens with zero attached hydrogens (tertiary/aromatic N) is 5. The Hall–Kier alpha value is -3.88. The van der Waals surface area contributed by atoms with E-state index in [0.29, 0.717) is 53.5 Å². The van der Waals surface area contributed by atoms with E-state index in [4.69, 9.17) is 4.52 Å². The first-order valence-corrected chi connectivity index (χ1v) is 11.7. The van der Waals surface area contributed by atoms with Gasteiger partial charge in [0.2, 0.25) is 5.91 Å². The van der Waals surface area contributed by atoms with Crippen LogP contribution in [0.5, 0.6) is 0 Å². The summed E-state index contributed by atoms with van der Waals surface area (Å²) in [6.45, 7) is 3.76. The Bertz CT molecular complexity index is 1320. The molecule has 4 aromatic rings. The van der Waals surface area contributed by atoms with E-state index in [-0.39, 0.29) is 23.5 Å². The van der Waals surface area contributed by atoms with E-state index in [2.05, 4.69) is 20.0 Å². The number of piperidine rings is 1. The van der Waals surface area contributed by atoms with Gasteiger partial charge in [0.15, 0.2) is 0 Å². The molecule has 35 heavy (non-hydrogen) atoms. The lowest BCUT2D eigenvalue weighted by molar-refractivity contribution is -0.122. The number of aromatic nitrogens is 3. The van der Waals surface area contributed by atoms with E-state index >= 15 is 0 Å². The summed E-state index contributed by atoms with van der Waals surface area (Å²) in [7, 11) is 0. The Labute approximate surface area is 201 Å². The standard InChI is InChI=1S/C26H25F2N5O2/c1-2-13-33(21-11-9-20(28)10-12-21)26(34)18-4-3-14-32(15-18)24-22-23(17-5-7-19(27)8-6-17)31-35-25(22)30-16-29-24/h5-12,16,18H,2-4,13-15H2,1H3/t18-/m0/s1. The second-order valence-corrected chi connectivity index (χ2v) is 8.67. The molecule has 0 radical (unpaired) electrons. The van der Waals surface area contributed by atoms with Crippen LogP contribution in [-0.4, -0.2) is 40.7 Å². The lowest BCUT2D eigenvalue weighted by atomic mass is 9.95. The highest BCUT2D eigenvalue weighted by Gasteiger charge is 2.32. The fourth-order valence-electron chi connectivity index (χ4n) is 4.62. The predicted octanol–water partition coefficient (Wildman–Crippen LogP) is 5.22. The van der Waals surface area contributed by atoms with Gasteiger partial charge in [0, 0.05) is 30.9 Å². The number of anilines is 2. The van der Waals surface area contributed by atoms with E-state index in [0.717, 1.165) is 19.3 Å². The number of fused-ring (bicyclic) bond motifs is 1. The summed E-state index contributed by atoms with van der Waals surface area (Å²) in [5, 5.41) is 4.81. The summed E-state index contributed by atoms with van der Waals surface area (Å²) in [6.07, 6.45) is 3.76. The van der Waals surface area contributed by atoms with Crippen LogP contribution >= 0.6 is 0 Å². The largest absolute Gasteiger partial charge is 0.355 e. The van der Waals surface area contributed by atoms with Gasteiger partial charge in [-0.1, -0.05) is 12.1 Å². The molecular weight excluding hydrogens is 452 g/mol. The van der Waals surface area contributed by atoms with Gasteiger partial charge in [0.05, 0.1) is 5.92 Å². The molecule has 7 nitrogen and oxygen atoms in total. The zero-order valence-corrected chi connectivity index (χ0v) is 19.3. The number of carbonyl (C=O) groups is 1. The molecule has 1 atom stereocenters. The van der Waals surface area contributed by atoms with Gasteiger partial charge < -0.3 is 14.3 Å². The van der Waals surface area contributed by atoms with Crippen molar-refractivity contribution < 1.29 is 18.1 Å². The zero-order valence-electron chi connectivity index (χ0n) is 19.3. The molecule has 2 aromatic carbocycles. The Kier molecular flexibility index (Phi) is 6.39. The first-order valence-electron chi connectivity index (χ1n) is 11.7. The minimum absolute atomic E-state index is 0.0116. The maximum atomic E-state index is 13.6. The average molecular weight is 478 g/mol. The van der Waals surface area contributed by atoms with Gasteiger partial charge >= 0.3 is 0 Å². The number of benzene rings is 2. The molecule has 5 rings (SSSR count). The fourth-order valence-corrected chi connectivity index (χ4v) is 4.62. The summed E-state index contributed by atoms with van der Waals surface area (Å²) < 4.78 is 32.4. The van der Waals surface area contributed by atoms with Crippen molar-refractivity contribution in [3.8, 4) is 11.3 Å². The summed E-state index contributed by atoms with van der Waals surface area (Å²) in [5.74, 6) is -0.276. The number of rotatable bonds is 6. The van der Waals surface area contributed by atoms with Crippen molar-refractivity contribution in [3.63, 3.8) is 0 Å². The quantitative estimate of drug-likeness (QED) is 0.379. The molecule has 0 spiro atoms. The second-order valence-electron chi connectivity index (χ2n) is 8.67. The Balaban J connectivity index is 1.45. The topological polar surface area (TPSA) is 75.4 Å². The monoisotopic (exact) mass is 477 g/mol. The van der Waals surface area contributed by atoms with Crippen molar-refractivity contribution in [2.24, 2.45) is 5.92 Å². The molecule has 3 heterocycles. The summed E-state index contributed by atoms with van der Waals surface area (Å²) >= 11 is 0.